The van der Waals surface area contributed by atoms with Crippen LogP contribution in [0.2, 0.25) is 0 Å². The summed E-state index contributed by atoms with van der Waals surface area (Å²) in [5, 5.41) is 1.02. The van der Waals surface area contributed by atoms with Crippen LogP contribution in [0.4, 0.5) is 5.69 Å². The van der Waals surface area contributed by atoms with Gasteiger partial charge in [-0.05, 0) is 24.3 Å². The standard InChI is InChI=1S/C20H16N2O3/c1-25-16-6-4-5-15(11-16)22-19(23)10-13(20(22)24)9-14-12-21-18-8-3-2-7-17(14)18/h2-9,11-12,21H,10H2,1H3. The van der Waals surface area contributed by atoms with Crippen LogP contribution in [0.1, 0.15) is 12.0 Å². The Balaban J connectivity index is 1.71. The third kappa shape index (κ3) is 2.59. The Labute approximate surface area is 144 Å². The van der Waals surface area contributed by atoms with Crippen molar-refractivity contribution >= 4 is 34.5 Å². The summed E-state index contributed by atoms with van der Waals surface area (Å²) in [4.78, 5) is 29.6. The van der Waals surface area contributed by atoms with E-state index < -0.39 is 0 Å². The highest BCUT2D eigenvalue weighted by Crippen LogP contribution is 2.30. The number of methoxy groups -OCH3 is 1. The second-order valence-corrected chi connectivity index (χ2v) is 5.87. The number of nitrogens with zero attached hydrogens (tertiary/aromatic N) is 1. The Morgan fingerprint density at radius 2 is 1.96 bits per heavy atom. The van der Waals surface area contributed by atoms with Crippen molar-refractivity contribution in [2.24, 2.45) is 0 Å². The van der Waals surface area contributed by atoms with Gasteiger partial charge in [-0.2, -0.15) is 0 Å². The zero-order chi connectivity index (χ0) is 17.4. The van der Waals surface area contributed by atoms with Crippen molar-refractivity contribution in [2.45, 2.75) is 6.42 Å². The molecular weight excluding hydrogens is 316 g/mol. The van der Waals surface area contributed by atoms with Gasteiger partial charge in [-0.15, -0.1) is 0 Å². The summed E-state index contributed by atoms with van der Waals surface area (Å²) < 4.78 is 5.18. The van der Waals surface area contributed by atoms with Crippen molar-refractivity contribution in [2.75, 3.05) is 12.0 Å². The first kappa shape index (κ1) is 15.2. The van der Waals surface area contributed by atoms with E-state index in [2.05, 4.69) is 4.98 Å². The summed E-state index contributed by atoms with van der Waals surface area (Å²) in [5.74, 6) is 0.0834. The number of ether oxygens (including phenoxy) is 1. The Hall–Kier alpha value is -3.34. The number of hydrogen-bond donors (Lipinski definition) is 1. The molecule has 124 valence electrons. The molecule has 0 saturated carbocycles. The molecule has 3 aromatic rings. The van der Waals surface area contributed by atoms with Crippen LogP contribution in [0.25, 0.3) is 17.0 Å². The molecule has 4 rings (SSSR count). The third-order valence-electron chi connectivity index (χ3n) is 4.33. The molecule has 0 atom stereocenters. The van der Waals surface area contributed by atoms with Crippen LogP contribution < -0.4 is 9.64 Å². The summed E-state index contributed by atoms with van der Waals surface area (Å²) in [6, 6.07) is 14.8. The van der Waals surface area contributed by atoms with Gasteiger partial charge in [0.05, 0.1) is 19.2 Å². The van der Waals surface area contributed by atoms with Crippen molar-refractivity contribution in [1.82, 2.24) is 4.98 Å². The SMILES string of the molecule is COc1cccc(N2C(=O)CC(=Cc3c[nH]c4ccccc34)C2=O)c1. The lowest BCUT2D eigenvalue weighted by molar-refractivity contribution is -0.120. The number of anilines is 1. The number of carbonyl (C=O) groups excluding carboxylic acids is 2. The van der Waals surface area contributed by atoms with Gasteiger partial charge in [0.25, 0.3) is 5.91 Å². The Kier molecular flexibility index (Phi) is 3.61. The molecule has 0 bridgehead atoms. The van der Waals surface area contributed by atoms with Crippen molar-refractivity contribution in [3.8, 4) is 5.75 Å². The smallest absolute Gasteiger partial charge is 0.261 e. The predicted octanol–water partition coefficient (Wildman–Crippen LogP) is 3.52. The number of H-pyrrole nitrogens is 1. The number of aromatic nitrogens is 1. The summed E-state index contributed by atoms with van der Waals surface area (Å²) in [6.07, 6.45) is 3.73. The van der Waals surface area contributed by atoms with Crippen LogP contribution in [0.5, 0.6) is 5.75 Å². The van der Waals surface area contributed by atoms with Crippen molar-refractivity contribution in [1.29, 1.82) is 0 Å². The lowest BCUT2D eigenvalue weighted by Gasteiger charge is -2.14. The molecule has 0 spiro atoms. The van der Waals surface area contributed by atoms with Gasteiger partial charge in [0.15, 0.2) is 0 Å². The van der Waals surface area contributed by atoms with E-state index >= 15 is 0 Å². The topological polar surface area (TPSA) is 62.4 Å². The highest BCUT2D eigenvalue weighted by Gasteiger charge is 2.35. The van der Waals surface area contributed by atoms with E-state index in [-0.39, 0.29) is 18.2 Å². The van der Waals surface area contributed by atoms with Gasteiger partial charge in [0.1, 0.15) is 5.75 Å². The number of benzene rings is 2. The van der Waals surface area contributed by atoms with Crippen LogP contribution in [-0.2, 0) is 9.59 Å². The number of aromatic amines is 1. The van der Waals surface area contributed by atoms with Gasteiger partial charge < -0.3 is 9.72 Å². The van der Waals surface area contributed by atoms with E-state index in [1.165, 1.54) is 4.90 Å². The van der Waals surface area contributed by atoms with E-state index in [1.54, 1.807) is 37.5 Å². The monoisotopic (exact) mass is 332 g/mol. The van der Waals surface area contributed by atoms with E-state index in [1.807, 2.05) is 30.5 Å². The molecule has 2 aromatic carbocycles. The number of amides is 2. The average molecular weight is 332 g/mol. The molecule has 1 N–H and O–H groups in total. The summed E-state index contributed by atoms with van der Waals surface area (Å²) in [7, 11) is 1.55. The summed E-state index contributed by atoms with van der Waals surface area (Å²) in [5.41, 5.74) is 2.91. The van der Waals surface area contributed by atoms with Gasteiger partial charge in [-0.25, -0.2) is 4.90 Å². The van der Waals surface area contributed by atoms with Crippen molar-refractivity contribution in [3.05, 3.63) is 65.9 Å². The molecular formula is C20H16N2O3. The quantitative estimate of drug-likeness (QED) is 0.589. The molecule has 1 aliphatic rings. The minimum atomic E-state index is -0.288. The first-order chi connectivity index (χ1) is 12.2. The molecule has 1 aromatic heterocycles. The zero-order valence-corrected chi connectivity index (χ0v) is 13.7. The van der Waals surface area contributed by atoms with Gasteiger partial charge >= 0.3 is 0 Å². The molecule has 5 heteroatoms. The molecule has 0 radical (unpaired) electrons. The molecule has 5 nitrogen and oxygen atoms in total. The minimum Gasteiger partial charge on any atom is -0.497 e. The molecule has 2 amide bonds. The lowest BCUT2D eigenvalue weighted by atomic mass is 10.1. The molecule has 0 unspecified atom stereocenters. The highest BCUT2D eigenvalue weighted by atomic mass is 16.5. The van der Waals surface area contributed by atoms with Crippen LogP contribution in [-0.4, -0.2) is 23.9 Å². The van der Waals surface area contributed by atoms with Gasteiger partial charge in [-0.1, -0.05) is 24.3 Å². The molecule has 25 heavy (non-hydrogen) atoms. The number of fused-ring (bicyclic) bond motifs is 1. The van der Waals surface area contributed by atoms with Crippen LogP contribution in [0.3, 0.4) is 0 Å². The lowest BCUT2D eigenvalue weighted by Crippen LogP contribution is -2.28. The average Bonchev–Trinajstić information content (AvgIpc) is 3.16. The number of rotatable bonds is 3. The van der Waals surface area contributed by atoms with E-state index in [9.17, 15) is 9.59 Å². The molecule has 0 aliphatic carbocycles. The minimum absolute atomic E-state index is 0.0928. The fourth-order valence-corrected chi connectivity index (χ4v) is 3.10. The van der Waals surface area contributed by atoms with Crippen molar-refractivity contribution < 1.29 is 14.3 Å². The van der Waals surface area contributed by atoms with E-state index in [0.29, 0.717) is 17.0 Å². The van der Waals surface area contributed by atoms with Crippen LogP contribution in [0, 0.1) is 0 Å². The molecule has 2 heterocycles. The van der Waals surface area contributed by atoms with E-state index in [0.717, 1.165) is 16.5 Å². The fraction of sp³-hybridized carbons (Fsp3) is 0.100. The van der Waals surface area contributed by atoms with Gasteiger partial charge in [0.2, 0.25) is 5.91 Å². The predicted molar refractivity (Wildman–Crippen MR) is 96.4 cm³/mol. The number of nitrogens with one attached hydrogen (secondary N) is 1. The van der Waals surface area contributed by atoms with Gasteiger partial charge in [-0.3, -0.25) is 9.59 Å². The summed E-state index contributed by atoms with van der Waals surface area (Å²) >= 11 is 0. The largest absolute Gasteiger partial charge is 0.497 e. The molecule has 1 saturated heterocycles. The number of hydrogen-bond acceptors (Lipinski definition) is 3. The Morgan fingerprint density at radius 1 is 1.12 bits per heavy atom. The first-order valence-corrected chi connectivity index (χ1v) is 7.95. The highest BCUT2D eigenvalue weighted by molar-refractivity contribution is 6.29. The second-order valence-electron chi connectivity index (χ2n) is 5.87. The Morgan fingerprint density at radius 3 is 2.80 bits per heavy atom. The zero-order valence-electron chi connectivity index (χ0n) is 13.7. The molecule has 1 aliphatic heterocycles. The maximum atomic E-state index is 12.8. The van der Waals surface area contributed by atoms with Gasteiger partial charge in [0, 0.05) is 34.3 Å². The Bertz CT molecular complexity index is 1020. The molecule has 1 fully saturated rings. The second kappa shape index (κ2) is 5.94. The number of carbonyl (C=O) groups is 2. The van der Waals surface area contributed by atoms with Crippen molar-refractivity contribution in [3.63, 3.8) is 0 Å². The van der Waals surface area contributed by atoms with E-state index in [4.69, 9.17) is 4.74 Å². The maximum absolute atomic E-state index is 12.8. The fourth-order valence-electron chi connectivity index (χ4n) is 3.10. The number of para-hydroxylation sites is 1. The first-order valence-electron chi connectivity index (χ1n) is 7.95. The summed E-state index contributed by atoms with van der Waals surface area (Å²) in [6.45, 7) is 0. The van der Waals surface area contributed by atoms with Crippen LogP contribution >= 0.6 is 0 Å². The normalized spacial score (nSPS) is 16.2. The van der Waals surface area contributed by atoms with Crippen LogP contribution in [0.15, 0.2) is 60.3 Å². The number of imide groups is 1. The third-order valence-corrected chi connectivity index (χ3v) is 4.33. The maximum Gasteiger partial charge on any atom is 0.261 e.